The van der Waals surface area contributed by atoms with E-state index in [1.807, 2.05) is 0 Å². The zero-order valence-corrected chi connectivity index (χ0v) is 14.0. The Morgan fingerprint density at radius 1 is 1.12 bits per heavy atom. The molecule has 24 heavy (non-hydrogen) atoms. The van der Waals surface area contributed by atoms with Gasteiger partial charge in [0.1, 0.15) is 0 Å². The summed E-state index contributed by atoms with van der Waals surface area (Å²) < 4.78 is 47.9. The van der Waals surface area contributed by atoms with Crippen molar-refractivity contribution in [3.05, 3.63) is 29.8 Å². The van der Waals surface area contributed by atoms with Crippen LogP contribution in [0.2, 0.25) is 0 Å². The van der Waals surface area contributed by atoms with Crippen LogP contribution in [-0.2, 0) is 9.84 Å². The Bertz CT molecular complexity index is 703. The van der Waals surface area contributed by atoms with E-state index in [0.29, 0.717) is 24.1 Å². The van der Waals surface area contributed by atoms with Gasteiger partial charge in [-0.15, -0.1) is 0 Å². The number of benzene rings is 1. The fourth-order valence-electron chi connectivity index (χ4n) is 3.48. The lowest BCUT2D eigenvalue weighted by atomic mass is 9.78. The van der Waals surface area contributed by atoms with E-state index in [1.165, 1.54) is 12.1 Å². The Morgan fingerprint density at radius 3 is 2.25 bits per heavy atom. The number of piperidine rings is 1. The minimum atomic E-state index is -4.62. The van der Waals surface area contributed by atoms with Crippen molar-refractivity contribution in [3.8, 4) is 0 Å². The van der Waals surface area contributed by atoms with E-state index < -0.39 is 20.5 Å². The number of nitrogens with one attached hydrogen (secondary N) is 1. The Hall–Kier alpha value is -1.54. The number of rotatable bonds is 3. The lowest BCUT2D eigenvalue weighted by molar-refractivity contribution is 0.0607. The molecule has 0 bridgehead atoms. The van der Waals surface area contributed by atoms with Gasteiger partial charge in [0.05, 0.1) is 4.90 Å². The average Bonchev–Trinajstić information content (AvgIpc) is 3.03. The van der Waals surface area contributed by atoms with Gasteiger partial charge in [0, 0.05) is 25.2 Å². The van der Waals surface area contributed by atoms with Gasteiger partial charge < -0.3 is 10.2 Å². The molecular weight excluding hydrogens is 338 g/mol. The fraction of sp³-hybridized carbons (Fsp3) is 0.562. The number of carbonyl (C=O) groups is 1. The maximum absolute atomic E-state index is 12.5. The summed E-state index contributed by atoms with van der Waals surface area (Å²) in [6.07, 6.45) is 3.03. The molecule has 2 fully saturated rings. The molecule has 2 saturated heterocycles. The van der Waals surface area contributed by atoms with E-state index >= 15 is 0 Å². The minimum Gasteiger partial charge on any atom is -0.339 e. The number of sulfone groups is 1. The molecule has 2 heterocycles. The first-order valence-corrected chi connectivity index (χ1v) is 9.51. The van der Waals surface area contributed by atoms with Gasteiger partial charge >= 0.3 is 5.76 Å². The van der Waals surface area contributed by atoms with Crippen LogP contribution in [0.3, 0.4) is 0 Å². The normalized spacial score (nSPS) is 20.7. The van der Waals surface area contributed by atoms with Crippen LogP contribution in [0.25, 0.3) is 0 Å². The number of alkyl halides is 2. The molecule has 0 atom stereocenters. The van der Waals surface area contributed by atoms with Gasteiger partial charge in [0.25, 0.3) is 5.91 Å². The molecule has 8 heteroatoms. The summed E-state index contributed by atoms with van der Waals surface area (Å²) in [5.74, 6) is -3.64. The highest BCUT2D eigenvalue weighted by Crippen LogP contribution is 2.37. The quantitative estimate of drug-likeness (QED) is 0.896. The van der Waals surface area contributed by atoms with E-state index in [4.69, 9.17) is 0 Å². The Kier molecular flexibility index (Phi) is 4.61. The molecule has 2 aliphatic heterocycles. The lowest BCUT2D eigenvalue weighted by Crippen LogP contribution is -2.44. The third-order valence-electron chi connectivity index (χ3n) is 5.11. The average molecular weight is 358 g/mol. The van der Waals surface area contributed by atoms with Gasteiger partial charge in [0.2, 0.25) is 9.84 Å². The number of hydrogen-bond donors (Lipinski definition) is 1. The van der Waals surface area contributed by atoms with E-state index in [2.05, 4.69) is 5.32 Å². The first-order chi connectivity index (χ1) is 11.3. The molecule has 0 saturated carbocycles. The van der Waals surface area contributed by atoms with Gasteiger partial charge in [-0.25, -0.2) is 8.42 Å². The first-order valence-electron chi connectivity index (χ1n) is 7.96. The molecule has 3 rings (SSSR count). The highest BCUT2D eigenvalue weighted by Gasteiger charge is 2.38. The standard InChI is InChI=1S/C16H20F2N2O3S/c17-15(18)24(22,23)13-3-1-12(2-4-13)14(21)20-9-6-16(7-10-20)5-8-19-11-16/h1-4,15,19H,5-11H2. The molecular formula is C16H20F2N2O3S. The molecule has 132 valence electrons. The number of hydrogen-bond acceptors (Lipinski definition) is 4. The van der Waals surface area contributed by atoms with Crippen molar-refractivity contribution in [1.29, 1.82) is 0 Å². The van der Waals surface area contributed by atoms with Gasteiger partial charge in [-0.05, 0) is 55.5 Å². The molecule has 1 amide bonds. The predicted octanol–water partition coefficient (Wildman–Crippen LogP) is 1.90. The summed E-state index contributed by atoms with van der Waals surface area (Å²) in [5, 5.41) is 3.37. The SMILES string of the molecule is O=C(c1ccc(S(=O)(=O)C(F)F)cc1)N1CCC2(CCNC2)CC1. The van der Waals surface area contributed by atoms with Gasteiger partial charge in [0.15, 0.2) is 0 Å². The van der Waals surface area contributed by atoms with E-state index in [1.54, 1.807) is 4.90 Å². The Balaban J connectivity index is 1.68. The Labute approximate surface area is 139 Å². The molecule has 0 unspecified atom stereocenters. The van der Waals surface area contributed by atoms with Crippen LogP contribution in [0.15, 0.2) is 29.2 Å². The van der Waals surface area contributed by atoms with E-state index in [9.17, 15) is 22.0 Å². The zero-order valence-electron chi connectivity index (χ0n) is 13.2. The largest absolute Gasteiger partial charge is 0.341 e. The third-order valence-corrected chi connectivity index (χ3v) is 6.51. The molecule has 5 nitrogen and oxygen atoms in total. The number of nitrogens with zero attached hydrogens (tertiary/aromatic N) is 1. The molecule has 1 spiro atoms. The Morgan fingerprint density at radius 2 is 1.75 bits per heavy atom. The summed E-state index contributed by atoms with van der Waals surface area (Å²) in [6.45, 7) is 3.35. The van der Waals surface area contributed by atoms with Crippen molar-refractivity contribution >= 4 is 15.7 Å². The van der Waals surface area contributed by atoms with Crippen molar-refractivity contribution in [2.45, 2.75) is 29.9 Å². The van der Waals surface area contributed by atoms with Crippen LogP contribution in [0.5, 0.6) is 0 Å². The monoisotopic (exact) mass is 358 g/mol. The summed E-state index contributed by atoms with van der Waals surface area (Å²) in [7, 11) is -4.62. The van der Waals surface area contributed by atoms with Gasteiger partial charge in [-0.3, -0.25) is 4.79 Å². The van der Waals surface area contributed by atoms with Gasteiger partial charge in [-0.2, -0.15) is 8.78 Å². The summed E-state index contributed by atoms with van der Waals surface area (Å²) in [5.41, 5.74) is 0.620. The second-order valence-electron chi connectivity index (χ2n) is 6.55. The van der Waals surface area contributed by atoms with E-state index in [-0.39, 0.29) is 5.91 Å². The highest BCUT2D eigenvalue weighted by molar-refractivity contribution is 7.91. The number of halogens is 2. The maximum Gasteiger partial charge on any atom is 0.341 e. The highest BCUT2D eigenvalue weighted by atomic mass is 32.2. The van der Waals surface area contributed by atoms with Crippen LogP contribution < -0.4 is 5.32 Å². The van der Waals surface area contributed by atoms with Crippen molar-refractivity contribution in [3.63, 3.8) is 0 Å². The van der Waals surface area contributed by atoms with Crippen molar-refractivity contribution < 1.29 is 22.0 Å². The first kappa shape index (κ1) is 17.3. The summed E-state index contributed by atoms with van der Waals surface area (Å²) >= 11 is 0. The van der Waals surface area contributed by atoms with Crippen LogP contribution in [0, 0.1) is 5.41 Å². The number of amides is 1. The lowest BCUT2D eigenvalue weighted by Gasteiger charge is -2.38. The fourth-order valence-corrected chi connectivity index (χ4v) is 4.20. The summed E-state index contributed by atoms with van der Waals surface area (Å²) in [4.78, 5) is 13.8. The maximum atomic E-state index is 12.5. The number of carbonyl (C=O) groups excluding carboxylic acids is 1. The zero-order chi connectivity index (χ0) is 17.4. The van der Waals surface area contributed by atoms with Crippen molar-refractivity contribution in [2.75, 3.05) is 26.2 Å². The smallest absolute Gasteiger partial charge is 0.339 e. The van der Waals surface area contributed by atoms with Gasteiger partial charge in [-0.1, -0.05) is 0 Å². The molecule has 2 aliphatic rings. The number of likely N-dealkylation sites (tertiary alicyclic amines) is 1. The summed E-state index contributed by atoms with van der Waals surface area (Å²) in [6, 6.07) is 4.75. The third kappa shape index (κ3) is 3.17. The topological polar surface area (TPSA) is 66.5 Å². The molecule has 1 N–H and O–H groups in total. The molecule has 1 aromatic rings. The predicted molar refractivity (Wildman–Crippen MR) is 84.7 cm³/mol. The van der Waals surface area contributed by atoms with Crippen LogP contribution in [0.1, 0.15) is 29.6 Å². The van der Waals surface area contributed by atoms with Crippen molar-refractivity contribution in [1.82, 2.24) is 10.2 Å². The van der Waals surface area contributed by atoms with Crippen LogP contribution in [0.4, 0.5) is 8.78 Å². The van der Waals surface area contributed by atoms with Crippen LogP contribution in [-0.4, -0.2) is 51.2 Å². The molecule has 1 aromatic carbocycles. The van der Waals surface area contributed by atoms with Crippen LogP contribution >= 0.6 is 0 Å². The minimum absolute atomic E-state index is 0.184. The molecule has 0 aliphatic carbocycles. The second kappa shape index (κ2) is 6.40. The molecule has 0 aromatic heterocycles. The van der Waals surface area contributed by atoms with Crippen molar-refractivity contribution in [2.24, 2.45) is 5.41 Å². The van der Waals surface area contributed by atoms with E-state index in [0.717, 1.165) is 44.5 Å². The second-order valence-corrected chi connectivity index (χ2v) is 8.47. The molecule has 0 radical (unpaired) electrons.